The van der Waals surface area contributed by atoms with E-state index in [4.69, 9.17) is 4.74 Å². The summed E-state index contributed by atoms with van der Waals surface area (Å²) in [5, 5.41) is 0. The Labute approximate surface area is 308 Å². The van der Waals surface area contributed by atoms with Gasteiger partial charge >= 0.3 is 0 Å². The summed E-state index contributed by atoms with van der Waals surface area (Å²) in [7, 11) is 0. The highest BCUT2D eigenvalue weighted by Gasteiger charge is 2.32. The van der Waals surface area contributed by atoms with Crippen LogP contribution in [0.2, 0.25) is 0 Å². The molecule has 49 heavy (non-hydrogen) atoms. The molecule has 284 valence electrons. The van der Waals surface area contributed by atoms with E-state index in [2.05, 4.69) is 39.8 Å². The fraction of sp³-hybridized carbons (Fsp3) is 0.917. The van der Waals surface area contributed by atoms with Crippen LogP contribution in [0.3, 0.4) is 0 Å². The second kappa shape index (κ2) is 24.6. The van der Waals surface area contributed by atoms with Crippen molar-refractivity contribution < 1.29 is 4.74 Å². The van der Waals surface area contributed by atoms with Crippen molar-refractivity contribution in [2.75, 3.05) is 13.2 Å². The van der Waals surface area contributed by atoms with E-state index in [-0.39, 0.29) is 0 Å². The van der Waals surface area contributed by atoms with Crippen molar-refractivity contribution in [3.63, 3.8) is 0 Å². The SMILES string of the molecule is CCCCCC1CCC(C(=CCOCC=C(C2CCC(CCCC)CC2)C2CCC(CCCCC)CC2)C2CCC(CCCC)CC2)CC1. The average molecular weight is 679 g/mol. The van der Waals surface area contributed by atoms with Gasteiger partial charge in [-0.25, -0.2) is 0 Å². The maximum Gasteiger partial charge on any atom is 0.0654 e. The first-order chi connectivity index (χ1) is 24.1. The van der Waals surface area contributed by atoms with Crippen molar-refractivity contribution in [1.29, 1.82) is 0 Å². The van der Waals surface area contributed by atoms with Gasteiger partial charge in [0.1, 0.15) is 0 Å². The van der Waals surface area contributed by atoms with Crippen LogP contribution < -0.4 is 0 Å². The molecule has 4 aliphatic carbocycles. The summed E-state index contributed by atoms with van der Waals surface area (Å²) < 4.78 is 6.63. The van der Waals surface area contributed by atoms with Crippen LogP contribution in [0.4, 0.5) is 0 Å². The fourth-order valence-corrected chi connectivity index (χ4v) is 11.2. The molecule has 0 N–H and O–H groups in total. The molecule has 0 radical (unpaired) electrons. The van der Waals surface area contributed by atoms with Gasteiger partial charge in [0.2, 0.25) is 0 Å². The van der Waals surface area contributed by atoms with E-state index in [0.717, 1.165) is 60.6 Å². The van der Waals surface area contributed by atoms with E-state index >= 15 is 0 Å². The van der Waals surface area contributed by atoms with E-state index in [1.165, 1.54) is 193 Å². The van der Waals surface area contributed by atoms with E-state index in [1.54, 1.807) is 0 Å². The average Bonchev–Trinajstić information content (AvgIpc) is 3.14. The number of hydrogen-bond donors (Lipinski definition) is 0. The van der Waals surface area contributed by atoms with Gasteiger partial charge in [-0.2, -0.15) is 0 Å². The third-order valence-electron chi connectivity index (χ3n) is 14.5. The molecule has 1 heteroatoms. The number of rotatable bonds is 22. The summed E-state index contributed by atoms with van der Waals surface area (Å²) in [6, 6.07) is 0. The molecule has 0 heterocycles. The molecule has 0 aromatic heterocycles. The van der Waals surface area contributed by atoms with Gasteiger partial charge in [-0.3, -0.25) is 0 Å². The molecule has 0 aliphatic heterocycles. The summed E-state index contributed by atoms with van der Waals surface area (Å²) in [6.07, 6.45) is 48.7. The molecule has 0 atom stereocenters. The van der Waals surface area contributed by atoms with Crippen LogP contribution in [0.1, 0.15) is 220 Å². The second-order valence-electron chi connectivity index (χ2n) is 18.1. The molecule has 1 nitrogen and oxygen atoms in total. The molecule has 0 amide bonds. The first-order valence-electron chi connectivity index (χ1n) is 23.1. The number of ether oxygens (including phenoxy) is 1. The highest BCUT2D eigenvalue weighted by Crippen LogP contribution is 2.45. The van der Waals surface area contributed by atoms with Crippen molar-refractivity contribution >= 4 is 0 Å². The van der Waals surface area contributed by atoms with Crippen molar-refractivity contribution in [3.8, 4) is 0 Å². The molecule has 0 saturated heterocycles. The third-order valence-corrected chi connectivity index (χ3v) is 14.5. The Morgan fingerprint density at radius 3 is 0.898 bits per heavy atom. The summed E-state index contributed by atoms with van der Waals surface area (Å²) in [6.45, 7) is 11.1. The van der Waals surface area contributed by atoms with Crippen molar-refractivity contribution in [2.45, 2.75) is 220 Å². The zero-order valence-corrected chi connectivity index (χ0v) is 33.8. The Bertz CT molecular complexity index is 795. The molecule has 0 spiro atoms. The Kier molecular flexibility index (Phi) is 20.7. The molecule has 0 unspecified atom stereocenters. The number of unbranched alkanes of at least 4 members (excludes halogenated alkanes) is 6. The Balaban J connectivity index is 1.35. The van der Waals surface area contributed by atoms with E-state index in [1.807, 2.05) is 11.1 Å². The molecule has 4 saturated carbocycles. The highest BCUT2D eigenvalue weighted by atomic mass is 16.5. The lowest BCUT2D eigenvalue weighted by molar-refractivity contribution is 0.183. The third kappa shape index (κ3) is 14.8. The Morgan fingerprint density at radius 2 is 0.633 bits per heavy atom. The van der Waals surface area contributed by atoms with Crippen LogP contribution in [0, 0.1) is 47.3 Å². The van der Waals surface area contributed by atoms with Crippen LogP contribution in [-0.2, 0) is 4.74 Å². The van der Waals surface area contributed by atoms with Crippen molar-refractivity contribution in [2.24, 2.45) is 47.3 Å². The lowest BCUT2D eigenvalue weighted by atomic mass is 9.69. The monoisotopic (exact) mass is 679 g/mol. The van der Waals surface area contributed by atoms with Crippen LogP contribution in [0.25, 0.3) is 0 Å². The maximum absolute atomic E-state index is 6.63. The van der Waals surface area contributed by atoms with E-state index in [9.17, 15) is 0 Å². The predicted octanol–water partition coefficient (Wildman–Crippen LogP) is 15.6. The summed E-state index contributed by atoms with van der Waals surface area (Å²) in [4.78, 5) is 0. The van der Waals surface area contributed by atoms with Crippen molar-refractivity contribution in [3.05, 3.63) is 23.3 Å². The molecule has 0 aromatic carbocycles. The summed E-state index contributed by atoms with van der Waals surface area (Å²) in [5.41, 5.74) is 3.69. The predicted molar refractivity (Wildman–Crippen MR) is 216 cm³/mol. The van der Waals surface area contributed by atoms with Gasteiger partial charge in [0.15, 0.2) is 0 Å². The van der Waals surface area contributed by atoms with Gasteiger partial charge in [-0.1, -0.05) is 141 Å². The van der Waals surface area contributed by atoms with Gasteiger partial charge in [0.05, 0.1) is 13.2 Å². The normalized spacial score (nSPS) is 32.0. The summed E-state index contributed by atoms with van der Waals surface area (Å²) >= 11 is 0. The van der Waals surface area contributed by atoms with Crippen LogP contribution >= 0.6 is 0 Å². The largest absolute Gasteiger partial charge is 0.373 e. The van der Waals surface area contributed by atoms with E-state index < -0.39 is 0 Å². The van der Waals surface area contributed by atoms with Gasteiger partial charge in [-0.15, -0.1) is 0 Å². The standard InChI is InChI=1S/C48H86O/c1-5-9-13-17-41-23-31-45(32-24-41)47(43-27-19-39(20-28-43)15-11-7-3)35-37-49-38-36-48(44-29-21-40(22-30-44)16-12-8-4)46-33-25-42(26-34-46)18-14-10-6-2/h35-36,39-46H,5-34,37-38H2,1-4H3. The number of allylic oxidation sites excluding steroid dienone is 2. The summed E-state index contributed by atoms with van der Waals surface area (Å²) in [5.74, 6) is 7.35. The van der Waals surface area contributed by atoms with Gasteiger partial charge < -0.3 is 4.74 Å². The van der Waals surface area contributed by atoms with Gasteiger partial charge in [0, 0.05) is 0 Å². The van der Waals surface area contributed by atoms with Crippen LogP contribution in [0.15, 0.2) is 23.3 Å². The molecule has 0 bridgehead atoms. The second-order valence-corrected chi connectivity index (χ2v) is 18.1. The van der Waals surface area contributed by atoms with Crippen molar-refractivity contribution in [1.82, 2.24) is 0 Å². The highest BCUT2D eigenvalue weighted by molar-refractivity contribution is 5.15. The minimum atomic E-state index is 0.838. The molecule has 0 aromatic rings. The minimum Gasteiger partial charge on any atom is -0.373 e. The quantitative estimate of drug-likeness (QED) is 0.0818. The zero-order chi connectivity index (χ0) is 34.5. The Hall–Kier alpha value is -0.560. The van der Waals surface area contributed by atoms with Gasteiger partial charge in [-0.05, 0) is 150 Å². The van der Waals surface area contributed by atoms with E-state index in [0.29, 0.717) is 0 Å². The molecule has 4 rings (SSSR count). The maximum atomic E-state index is 6.63. The molecule has 4 fully saturated rings. The first kappa shape index (κ1) is 41.2. The van der Waals surface area contributed by atoms with Gasteiger partial charge in [0.25, 0.3) is 0 Å². The topological polar surface area (TPSA) is 9.23 Å². The smallest absolute Gasteiger partial charge is 0.0654 e. The lowest BCUT2D eigenvalue weighted by Crippen LogP contribution is -2.24. The van der Waals surface area contributed by atoms with Crippen LogP contribution in [0.5, 0.6) is 0 Å². The van der Waals surface area contributed by atoms with Crippen LogP contribution in [-0.4, -0.2) is 13.2 Å². The molecular weight excluding hydrogens is 593 g/mol. The first-order valence-corrected chi connectivity index (χ1v) is 23.1. The number of hydrogen-bond acceptors (Lipinski definition) is 1. The zero-order valence-electron chi connectivity index (χ0n) is 33.8. The minimum absolute atomic E-state index is 0.838. The Morgan fingerprint density at radius 1 is 0.367 bits per heavy atom. The fourth-order valence-electron chi connectivity index (χ4n) is 11.2. The molecule has 4 aliphatic rings. The molecular formula is C48H86O. The lowest BCUT2D eigenvalue weighted by Gasteiger charge is -2.37.